The molecule has 1 N–H and O–H groups in total. The molecule has 6 heteroatoms. The first kappa shape index (κ1) is 19.8. The summed E-state index contributed by atoms with van der Waals surface area (Å²) in [5.41, 5.74) is 2.03. The zero-order valence-corrected chi connectivity index (χ0v) is 16.4. The standard InChI is InChI=1S/C23H26F2N2O2/c24-18-13-17(21-7-3-6-20(26-21)16-4-1-2-5-16)14-19(25)23(18)27-10-8-15(9-11-27)12-22(28)29/h3,6-7,13-16H,1-2,4-5,8-12H2,(H,28,29). The average Bonchev–Trinajstić information content (AvgIpc) is 3.23. The normalized spacial score (nSPS) is 18.3. The maximum atomic E-state index is 14.9. The fraction of sp³-hybridized carbons (Fsp3) is 0.478. The van der Waals surface area contributed by atoms with Crippen LogP contribution in [0.4, 0.5) is 14.5 Å². The Morgan fingerprint density at radius 1 is 1.07 bits per heavy atom. The number of benzene rings is 1. The van der Waals surface area contributed by atoms with E-state index in [1.807, 2.05) is 12.1 Å². The minimum absolute atomic E-state index is 0.0190. The molecule has 1 aliphatic heterocycles. The van der Waals surface area contributed by atoms with Crippen molar-refractivity contribution < 1.29 is 18.7 Å². The van der Waals surface area contributed by atoms with Gasteiger partial charge in [0.05, 0.1) is 5.69 Å². The number of aromatic nitrogens is 1. The second-order valence-corrected chi connectivity index (χ2v) is 8.25. The monoisotopic (exact) mass is 400 g/mol. The summed E-state index contributed by atoms with van der Waals surface area (Å²) < 4.78 is 29.8. The Kier molecular flexibility index (Phi) is 5.79. The topological polar surface area (TPSA) is 53.4 Å². The van der Waals surface area contributed by atoms with E-state index in [0.717, 1.165) is 18.5 Å². The summed E-state index contributed by atoms with van der Waals surface area (Å²) in [5.74, 6) is -1.50. The van der Waals surface area contributed by atoms with Crippen LogP contribution in [0.2, 0.25) is 0 Å². The first-order valence-electron chi connectivity index (χ1n) is 10.4. The first-order chi connectivity index (χ1) is 14.0. The van der Waals surface area contributed by atoms with Gasteiger partial charge in [-0.05, 0) is 55.9 Å². The molecule has 0 amide bonds. The SMILES string of the molecule is O=C(O)CC1CCN(c2c(F)cc(-c3cccc(C4CCCC4)n3)cc2F)CC1. The molecule has 2 aromatic rings. The van der Waals surface area contributed by atoms with Gasteiger partial charge in [0.25, 0.3) is 0 Å². The Balaban J connectivity index is 1.54. The van der Waals surface area contributed by atoms with Crippen molar-refractivity contribution in [1.82, 2.24) is 4.98 Å². The number of piperidine rings is 1. The van der Waals surface area contributed by atoms with Crippen LogP contribution >= 0.6 is 0 Å². The molecule has 1 aliphatic carbocycles. The fourth-order valence-electron chi connectivity index (χ4n) is 4.68. The fourth-order valence-corrected chi connectivity index (χ4v) is 4.68. The highest BCUT2D eigenvalue weighted by atomic mass is 19.1. The zero-order valence-electron chi connectivity index (χ0n) is 16.4. The van der Waals surface area contributed by atoms with Crippen molar-refractivity contribution in [3.63, 3.8) is 0 Å². The van der Waals surface area contributed by atoms with Gasteiger partial charge in [-0.1, -0.05) is 18.9 Å². The third-order valence-electron chi connectivity index (χ3n) is 6.25. The summed E-state index contributed by atoms with van der Waals surface area (Å²) in [5, 5.41) is 8.92. The van der Waals surface area contributed by atoms with Crippen LogP contribution < -0.4 is 4.90 Å². The molecule has 1 aromatic carbocycles. The minimum Gasteiger partial charge on any atom is -0.481 e. The summed E-state index contributed by atoms with van der Waals surface area (Å²) >= 11 is 0. The van der Waals surface area contributed by atoms with E-state index in [1.165, 1.54) is 25.0 Å². The Hall–Kier alpha value is -2.50. The molecule has 0 bridgehead atoms. The molecule has 0 unspecified atom stereocenters. The Morgan fingerprint density at radius 2 is 1.72 bits per heavy atom. The molecule has 2 fully saturated rings. The average molecular weight is 400 g/mol. The van der Waals surface area contributed by atoms with Crippen LogP contribution in [0, 0.1) is 17.6 Å². The number of aliphatic carboxylic acids is 1. The summed E-state index contributed by atoms with van der Waals surface area (Å²) in [6, 6.07) is 8.43. The van der Waals surface area contributed by atoms with Gasteiger partial charge < -0.3 is 10.0 Å². The molecule has 1 aromatic heterocycles. The van der Waals surface area contributed by atoms with Crippen molar-refractivity contribution in [2.75, 3.05) is 18.0 Å². The van der Waals surface area contributed by atoms with Crippen molar-refractivity contribution >= 4 is 11.7 Å². The van der Waals surface area contributed by atoms with E-state index >= 15 is 0 Å². The predicted molar refractivity (Wildman–Crippen MR) is 108 cm³/mol. The van der Waals surface area contributed by atoms with Crippen molar-refractivity contribution in [2.45, 2.75) is 50.9 Å². The molecule has 0 atom stereocenters. The van der Waals surface area contributed by atoms with E-state index in [4.69, 9.17) is 5.11 Å². The lowest BCUT2D eigenvalue weighted by molar-refractivity contribution is -0.138. The van der Waals surface area contributed by atoms with E-state index in [-0.39, 0.29) is 18.0 Å². The van der Waals surface area contributed by atoms with E-state index in [1.54, 1.807) is 11.0 Å². The van der Waals surface area contributed by atoms with E-state index < -0.39 is 17.6 Å². The van der Waals surface area contributed by atoms with E-state index in [2.05, 4.69) is 4.98 Å². The third kappa shape index (κ3) is 4.41. The molecular formula is C23H26F2N2O2. The van der Waals surface area contributed by atoms with Crippen LogP contribution in [-0.2, 0) is 4.79 Å². The first-order valence-corrected chi connectivity index (χ1v) is 10.4. The van der Waals surface area contributed by atoms with Gasteiger partial charge >= 0.3 is 5.97 Å². The lowest BCUT2D eigenvalue weighted by Gasteiger charge is -2.33. The Labute approximate surface area is 169 Å². The second kappa shape index (κ2) is 8.47. The molecule has 29 heavy (non-hydrogen) atoms. The molecule has 0 spiro atoms. The van der Waals surface area contributed by atoms with Crippen LogP contribution in [0.3, 0.4) is 0 Å². The molecule has 4 rings (SSSR count). The second-order valence-electron chi connectivity index (χ2n) is 8.25. The molecule has 1 saturated heterocycles. The van der Waals surface area contributed by atoms with Gasteiger partial charge in [-0.25, -0.2) is 8.78 Å². The van der Waals surface area contributed by atoms with Crippen LogP contribution in [0.15, 0.2) is 30.3 Å². The van der Waals surface area contributed by atoms with Crippen molar-refractivity contribution in [3.05, 3.63) is 47.7 Å². The summed E-state index contributed by atoms with van der Waals surface area (Å²) in [6.07, 6.45) is 6.01. The van der Waals surface area contributed by atoms with Gasteiger partial charge in [-0.3, -0.25) is 9.78 Å². The van der Waals surface area contributed by atoms with Gasteiger partial charge in [-0.2, -0.15) is 0 Å². The number of carboxylic acids is 1. The zero-order chi connectivity index (χ0) is 20.4. The Morgan fingerprint density at radius 3 is 2.34 bits per heavy atom. The molecule has 1 saturated carbocycles. The number of pyridine rings is 1. The highest BCUT2D eigenvalue weighted by Gasteiger charge is 2.26. The molecular weight excluding hydrogens is 374 g/mol. The van der Waals surface area contributed by atoms with Crippen LogP contribution in [-0.4, -0.2) is 29.1 Å². The van der Waals surface area contributed by atoms with Crippen molar-refractivity contribution in [3.8, 4) is 11.3 Å². The van der Waals surface area contributed by atoms with Gasteiger partial charge in [0.15, 0.2) is 0 Å². The van der Waals surface area contributed by atoms with Crippen molar-refractivity contribution in [1.29, 1.82) is 0 Å². The number of anilines is 1. The van der Waals surface area contributed by atoms with Crippen molar-refractivity contribution in [2.24, 2.45) is 5.92 Å². The third-order valence-corrected chi connectivity index (χ3v) is 6.25. The number of hydrogen-bond donors (Lipinski definition) is 1. The smallest absolute Gasteiger partial charge is 0.303 e. The van der Waals surface area contributed by atoms with Crippen LogP contribution in [0.25, 0.3) is 11.3 Å². The van der Waals surface area contributed by atoms with E-state index in [0.29, 0.717) is 43.1 Å². The lowest BCUT2D eigenvalue weighted by atomic mass is 9.93. The maximum Gasteiger partial charge on any atom is 0.303 e. The van der Waals surface area contributed by atoms with Crippen LogP contribution in [0.1, 0.15) is 56.6 Å². The van der Waals surface area contributed by atoms with E-state index in [9.17, 15) is 13.6 Å². The number of halogens is 2. The van der Waals surface area contributed by atoms with Crippen LogP contribution in [0.5, 0.6) is 0 Å². The Bertz CT molecular complexity index is 865. The number of carboxylic acid groups (broad SMARTS) is 1. The predicted octanol–water partition coefficient (Wildman–Crippen LogP) is 5.38. The maximum absolute atomic E-state index is 14.9. The van der Waals surface area contributed by atoms with Gasteiger partial charge in [0, 0.05) is 36.7 Å². The van der Waals surface area contributed by atoms with Gasteiger partial charge in [0.2, 0.25) is 0 Å². The number of carbonyl (C=O) groups is 1. The molecule has 154 valence electrons. The summed E-state index contributed by atoms with van der Waals surface area (Å²) in [7, 11) is 0. The molecule has 2 heterocycles. The highest BCUT2D eigenvalue weighted by Crippen LogP contribution is 2.35. The highest BCUT2D eigenvalue weighted by molar-refractivity contribution is 5.67. The molecule has 4 nitrogen and oxygen atoms in total. The summed E-state index contributed by atoms with van der Waals surface area (Å²) in [6.45, 7) is 0.918. The summed E-state index contributed by atoms with van der Waals surface area (Å²) in [4.78, 5) is 17.2. The molecule has 0 radical (unpaired) electrons. The number of nitrogens with zero attached hydrogens (tertiary/aromatic N) is 2. The largest absolute Gasteiger partial charge is 0.481 e. The lowest BCUT2D eigenvalue weighted by Crippen LogP contribution is -2.35. The number of hydrogen-bond acceptors (Lipinski definition) is 3. The molecule has 2 aliphatic rings. The van der Waals surface area contributed by atoms with Gasteiger partial charge in [-0.15, -0.1) is 0 Å². The van der Waals surface area contributed by atoms with Gasteiger partial charge in [0.1, 0.15) is 17.3 Å². The minimum atomic E-state index is -0.822. The quantitative estimate of drug-likeness (QED) is 0.733. The number of rotatable bonds is 5.